The first-order valence-electron chi connectivity index (χ1n) is 6.36. The Morgan fingerprint density at radius 3 is 2.45 bits per heavy atom. The fraction of sp³-hybridized carbons (Fsp3) is 0.250. The molecule has 0 amide bonds. The fourth-order valence-corrected chi connectivity index (χ4v) is 2.65. The number of benzene rings is 2. The molecule has 2 aromatic carbocycles. The molecule has 0 aromatic heterocycles. The maximum Gasteiger partial charge on any atom is 0.124 e. The van der Waals surface area contributed by atoms with Crippen LogP contribution in [0.4, 0.5) is 0 Å². The highest BCUT2D eigenvalue weighted by atomic mass is 79.9. The van der Waals surface area contributed by atoms with Crippen molar-refractivity contribution in [2.45, 2.75) is 12.3 Å². The van der Waals surface area contributed by atoms with E-state index < -0.39 is 0 Å². The number of hydrogen-bond acceptors (Lipinski definition) is 2. The van der Waals surface area contributed by atoms with Crippen molar-refractivity contribution in [2.24, 2.45) is 0 Å². The Labute approximate surface area is 132 Å². The summed E-state index contributed by atoms with van der Waals surface area (Å²) in [6.45, 7) is 2.57. The Morgan fingerprint density at radius 2 is 1.85 bits per heavy atom. The molecule has 0 saturated carbocycles. The van der Waals surface area contributed by atoms with Gasteiger partial charge in [-0.1, -0.05) is 28.1 Å². The summed E-state index contributed by atoms with van der Waals surface area (Å²) < 4.78 is 11.8. The lowest BCUT2D eigenvalue weighted by atomic mass is 10.0. The van der Waals surface area contributed by atoms with E-state index in [2.05, 4.69) is 15.9 Å². The van der Waals surface area contributed by atoms with E-state index >= 15 is 0 Å². The lowest BCUT2D eigenvalue weighted by Gasteiger charge is -2.16. The molecule has 2 rings (SSSR count). The van der Waals surface area contributed by atoms with Gasteiger partial charge in [0.15, 0.2) is 0 Å². The molecule has 106 valence electrons. The highest BCUT2D eigenvalue weighted by Gasteiger charge is 2.16. The van der Waals surface area contributed by atoms with Gasteiger partial charge in [-0.2, -0.15) is 0 Å². The van der Waals surface area contributed by atoms with E-state index in [1.165, 1.54) is 0 Å². The van der Waals surface area contributed by atoms with Crippen LogP contribution in [-0.4, -0.2) is 13.7 Å². The second-order valence-electron chi connectivity index (χ2n) is 4.25. The molecule has 0 N–H and O–H groups in total. The molecular formula is C16H16BrClO2. The summed E-state index contributed by atoms with van der Waals surface area (Å²) in [5.74, 6) is 1.63. The van der Waals surface area contributed by atoms with Crippen molar-refractivity contribution in [1.82, 2.24) is 0 Å². The van der Waals surface area contributed by atoms with Crippen LogP contribution in [0, 0.1) is 0 Å². The number of ether oxygens (including phenoxy) is 2. The van der Waals surface area contributed by atoms with Gasteiger partial charge in [-0.15, -0.1) is 11.6 Å². The van der Waals surface area contributed by atoms with Gasteiger partial charge in [-0.3, -0.25) is 0 Å². The Kier molecular flexibility index (Phi) is 5.32. The highest BCUT2D eigenvalue weighted by Crippen LogP contribution is 2.37. The third-order valence-corrected chi connectivity index (χ3v) is 3.93. The summed E-state index contributed by atoms with van der Waals surface area (Å²) in [4.78, 5) is 0. The summed E-state index contributed by atoms with van der Waals surface area (Å²) in [6, 6.07) is 13.6. The van der Waals surface area contributed by atoms with Gasteiger partial charge in [0, 0.05) is 10.0 Å². The second-order valence-corrected chi connectivity index (χ2v) is 5.60. The van der Waals surface area contributed by atoms with Crippen LogP contribution in [0.2, 0.25) is 0 Å². The molecule has 0 saturated heterocycles. The molecule has 0 aliphatic heterocycles. The van der Waals surface area contributed by atoms with Gasteiger partial charge in [0.2, 0.25) is 0 Å². The molecule has 0 aliphatic rings. The van der Waals surface area contributed by atoms with Gasteiger partial charge in [0.05, 0.1) is 19.1 Å². The molecule has 0 fully saturated rings. The summed E-state index contributed by atoms with van der Waals surface area (Å²) >= 11 is 10.1. The van der Waals surface area contributed by atoms with E-state index in [9.17, 15) is 0 Å². The molecule has 2 nitrogen and oxygen atoms in total. The lowest BCUT2D eigenvalue weighted by molar-refractivity contribution is 0.337. The van der Waals surface area contributed by atoms with Gasteiger partial charge in [-0.25, -0.2) is 0 Å². The molecule has 2 aromatic rings. The Balaban J connectivity index is 2.35. The zero-order valence-electron chi connectivity index (χ0n) is 11.4. The van der Waals surface area contributed by atoms with Crippen LogP contribution in [0.3, 0.4) is 0 Å². The van der Waals surface area contributed by atoms with Crippen LogP contribution in [0.1, 0.15) is 23.4 Å². The standard InChI is InChI=1S/C16H16BrClO2/c1-3-20-15-9-6-12(17)10-14(15)16(18)11-4-7-13(19-2)8-5-11/h4-10,16H,3H2,1-2H3. The lowest BCUT2D eigenvalue weighted by Crippen LogP contribution is -2.00. The summed E-state index contributed by atoms with van der Waals surface area (Å²) in [5, 5.41) is -0.264. The predicted octanol–water partition coefficient (Wildman–Crippen LogP) is 5.18. The third-order valence-electron chi connectivity index (χ3n) is 2.95. The van der Waals surface area contributed by atoms with E-state index in [0.717, 1.165) is 27.1 Å². The molecule has 0 radical (unpaired) electrons. The van der Waals surface area contributed by atoms with Crippen molar-refractivity contribution in [2.75, 3.05) is 13.7 Å². The minimum Gasteiger partial charge on any atom is -0.497 e. The maximum absolute atomic E-state index is 6.60. The van der Waals surface area contributed by atoms with Gasteiger partial charge in [0.1, 0.15) is 11.5 Å². The van der Waals surface area contributed by atoms with Crippen LogP contribution < -0.4 is 9.47 Å². The number of methoxy groups -OCH3 is 1. The van der Waals surface area contributed by atoms with Crippen LogP contribution in [0.25, 0.3) is 0 Å². The average Bonchev–Trinajstić information content (AvgIpc) is 2.48. The van der Waals surface area contributed by atoms with E-state index in [1.54, 1.807) is 7.11 Å². The van der Waals surface area contributed by atoms with Crippen molar-refractivity contribution >= 4 is 27.5 Å². The van der Waals surface area contributed by atoms with Gasteiger partial charge in [-0.05, 0) is 42.8 Å². The molecule has 0 aliphatic carbocycles. The normalized spacial score (nSPS) is 12.0. The quantitative estimate of drug-likeness (QED) is 0.688. The maximum atomic E-state index is 6.60. The van der Waals surface area contributed by atoms with Crippen molar-refractivity contribution in [3.8, 4) is 11.5 Å². The smallest absolute Gasteiger partial charge is 0.124 e. The zero-order valence-corrected chi connectivity index (χ0v) is 13.7. The van der Waals surface area contributed by atoms with Gasteiger partial charge in [0.25, 0.3) is 0 Å². The van der Waals surface area contributed by atoms with Crippen LogP contribution in [0.15, 0.2) is 46.9 Å². The molecule has 0 heterocycles. The Bertz CT molecular complexity index is 569. The predicted molar refractivity (Wildman–Crippen MR) is 86.0 cm³/mol. The SMILES string of the molecule is CCOc1ccc(Br)cc1C(Cl)c1ccc(OC)cc1. The number of hydrogen-bond donors (Lipinski definition) is 0. The fourth-order valence-electron chi connectivity index (χ4n) is 1.96. The molecule has 0 spiro atoms. The van der Waals surface area contributed by atoms with E-state index in [1.807, 2.05) is 49.4 Å². The summed E-state index contributed by atoms with van der Waals surface area (Å²) in [6.07, 6.45) is 0. The zero-order chi connectivity index (χ0) is 14.5. The number of halogens is 2. The van der Waals surface area contributed by atoms with Crippen LogP contribution in [0.5, 0.6) is 11.5 Å². The van der Waals surface area contributed by atoms with Crippen molar-refractivity contribution in [3.63, 3.8) is 0 Å². The second kappa shape index (κ2) is 7.00. The summed E-state index contributed by atoms with van der Waals surface area (Å²) in [7, 11) is 1.65. The first-order chi connectivity index (χ1) is 9.65. The molecule has 20 heavy (non-hydrogen) atoms. The molecule has 0 bridgehead atoms. The van der Waals surface area contributed by atoms with Gasteiger partial charge >= 0.3 is 0 Å². The Morgan fingerprint density at radius 1 is 1.15 bits per heavy atom. The summed E-state index contributed by atoms with van der Waals surface area (Å²) in [5.41, 5.74) is 1.96. The minimum atomic E-state index is -0.264. The molecular weight excluding hydrogens is 340 g/mol. The van der Waals surface area contributed by atoms with Crippen molar-refractivity contribution in [3.05, 3.63) is 58.1 Å². The number of alkyl halides is 1. The minimum absolute atomic E-state index is 0.264. The van der Waals surface area contributed by atoms with E-state index in [4.69, 9.17) is 21.1 Å². The first kappa shape index (κ1) is 15.2. The van der Waals surface area contributed by atoms with Crippen molar-refractivity contribution in [1.29, 1.82) is 0 Å². The van der Waals surface area contributed by atoms with Gasteiger partial charge < -0.3 is 9.47 Å². The first-order valence-corrected chi connectivity index (χ1v) is 7.59. The van der Waals surface area contributed by atoms with E-state index in [-0.39, 0.29) is 5.38 Å². The van der Waals surface area contributed by atoms with Crippen molar-refractivity contribution < 1.29 is 9.47 Å². The van der Waals surface area contributed by atoms with Crippen LogP contribution >= 0.6 is 27.5 Å². The molecule has 1 unspecified atom stereocenters. The Hall–Kier alpha value is -1.19. The topological polar surface area (TPSA) is 18.5 Å². The average molecular weight is 356 g/mol. The monoisotopic (exact) mass is 354 g/mol. The van der Waals surface area contributed by atoms with E-state index in [0.29, 0.717) is 6.61 Å². The molecule has 1 atom stereocenters. The third kappa shape index (κ3) is 3.47. The largest absolute Gasteiger partial charge is 0.497 e. The van der Waals surface area contributed by atoms with Crippen LogP contribution in [-0.2, 0) is 0 Å². The number of rotatable bonds is 5. The molecule has 4 heteroatoms. The highest BCUT2D eigenvalue weighted by molar-refractivity contribution is 9.10.